The van der Waals surface area contributed by atoms with Crippen LogP contribution in [0.1, 0.15) is 48.9 Å². The lowest BCUT2D eigenvalue weighted by Gasteiger charge is -2.19. The van der Waals surface area contributed by atoms with Crippen molar-refractivity contribution in [1.29, 1.82) is 0 Å². The summed E-state index contributed by atoms with van der Waals surface area (Å²) in [4.78, 5) is 11.0. The second-order valence-corrected chi connectivity index (χ2v) is 4.90. The molecule has 1 fully saturated rings. The first-order valence-electron chi connectivity index (χ1n) is 6.78. The Kier molecular flexibility index (Phi) is 4.66. The summed E-state index contributed by atoms with van der Waals surface area (Å²) in [6, 6.07) is 4.72. The van der Waals surface area contributed by atoms with E-state index in [1.807, 2.05) is 0 Å². The first-order chi connectivity index (χ1) is 9.20. The summed E-state index contributed by atoms with van der Waals surface area (Å²) in [6.45, 7) is 0. The Morgan fingerprint density at radius 3 is 2.42 bits per heavy atom. The van der Waals surface area contributed by atoms with E-state index in [1.165, 1.54) is 31.7 Å². The monoisotopic (exact) mass is 264 g/mol. The summed E-state index contributed by atoms with van der Waals surface area (Å²) in [5.74, 6) is 0.178. The topological polar surface area (TPSA) is 55.8 Å². The number of hydrogen-bond acceptors (Lipinski definition) is 3. The molecule has 0 saturated heterocycles. The van der Waals surface area contributed by atoms with Crippen molar-refractivity contribution in [1.82, 2.24) is 0 Å². The molecule has 19 heavy (non-hydrogen) atoms. The summed E-state index contributed by atoms with van der Waals surface area (Å²) in [6.07, 6.45) is 7.08. The van der Waals surface area contributed by atoms with Gasteiger partial charge in [-0.25, -0.2) is 4.79 Å². The minimum absolute atomic E-state index is 0.167. The third-order valence-corrected chi connectivity index (χ3v) is 3.51. The van der Waals surface area contributed by atoms with Crippen molar-refractivity contribution in [3.05, 3.63) is 23.8 Å². The zero-order chi connectivity index (χ0) is 13.7. The van der Waals surface area contributed by atoms with Gasteiger partial charge in [0.15, 0.2) is 11.5 Å². The van der Waals surface area contributed by atoms with Crippen LogP contribution >= 0.6 is 0 Å². The van der Waals surface area contributed by atoms with Crippen LogP contribution in [0.15, 0.2) is 18.2 Å². The van der Waals surface area contributed by atoms with Crippen molar-refractivity contribution >= 4 is 5.97 Å². The van der Waals surface area contributed by atoms with Crippen LogP contribution < -0.4 is 9.47 Å². The molecule has 1 saturated carbocycles. The fraction of sp³-hybridized carbons (Fsp3) is 0.533. The van der Waals surface area contributed by atoms with Crippen LogP contribution in [0.2, 0.25) is 0 Å². The minimum atomic E-state index is -0.951. The highest BCUT2D eigenvalue weighted by molar-refractivity contribution is 5.88. The Hall–Kier alpha value is -1.71. The molecule has 1 aromatic rings. The maximum Gasteiger partial charge on any atom is 0.335 e. The predicted molar refractivity (Wildman–Crippen MR) is 72.1 cm³/mol. The second kappa shape index (κ2) is 6.45. The van der Waals surface area contributed by atoms with E-state index in [-0.39, 0.29) is 11.7 Å². The van der Waals surface area contributed by atoms with Gasteiger partial charge >= 0.3 is 5.97 Å². The molecule has 4 nitrogen and oxygen atoms in total. The molecule has 0 unspecified atom stereocenters. The molecule has 1 aliphatic rings. The highest BCUT2D eigenvalue weighted by Crippen LogP contribution is 2.31. The first-order valence-corrected chi connectivity index (χ1v) is 6.78. The maximum absolute atomic E-state index is 11.0. The zero-order valence-electron chi connectivity index (χ0n) is 11.2. The molecule has 0 atom stereocenters. The van der Waals surface area contributed by atoms with E-state index in [4.69, 9.17) is 14.6 Å². The van der Waals surface area contributed by atoms with Crippen LogP contribution in [0.5, 0.6) is 11.5 Å². The van der Waals surface area contributed by atoms with Crippen LogP contribution in [-0.2, 0) is 0 Å². The van der Waals surface area contributed by atoms with Gasteiger partial charge in [-0.3, -0.25) is 0 Å². The Morgan fingerprint density at radius 2 is 1.84 bits per heavy atom. The molecule has 0 heterocycles. The van der Waals surface area contributed by atoms with Crippen LogP contribution in [-0.4, -0.2) is 24.3 Å². The fourth-order valence-electron chi connectivity index (χ4n) is 2.44. The van der Waals surface area contributed by atoms with Crippen molar-refractivity contribution in [2.75, 3.05) is 7.11 Å². The van der Waals surface area contributed by atoms with E-state index in [2.05, 4.69) is 0 Å². The summed E-state index contributed by atoms with van der Waals surface area (Å²) in [5, 5.41) is 9.03. The van der Waals surface area contributed by atoms with Gasteiger partial charge in [-0.15, -0.1) is 0 Å². The Morgan fingerprint density at radius 1 is 1.16 bits per heavy atom. The van der Waals surface area contributed by atoms with Gasteiger partial charge in [0.05, 0.1) is 18.8 Å². The lowest BCUT2D eigenvalue weighted by Crippen LogP contribution is -2.16. The molecule has 4 heteroatoms. The SMILES string of the molecule is COc1ccc(C(=O)O)cc1OC1CCCCCC1. The standard InChI is InChI=1S/C15H20O4/c1-18-13-9-8-11(15(16)17)10-14(13)19-12-6-4-2-3-5-7-12/h8-10,12H,2-7H2,1H3,(H,16,17). The van der Waals surface area contributed by atoms with E-state index in [9.17, 15) is 4.79 Å². The van der Waals surface area contributed by atoms with Crippen LogP contribution in [0.4, 0.5) is 0 Å². The summed E-state index contributed by atoms with van der Waals surface area (Å²) >= 11 is 0. The number of methoxy groups -OCH3 is 1. The third kappa shape index (κ3) is 3.63. The van der Waals surface area contributed by atoms with E-state index >= 15 is 0 Å². The summed E-state index contributed by atoms with van der Waals surface area (Å²) in [7, 11) is 1.57. The fourth-order valence-corrected chi connectivity index (χ4v) is 2.44. The van der Waals surface area contributed by atoms with E-state index < -0.39 is 5.97 Å². The quantitative estimate of drug-likeness (QED) is 0.846. The van der Waals surface area contributed by atoms with Crippen molar-refractivity contribution in [2.45, 2.75) is 44.6 Å². The number of carboxylic acid groups (broad SMARTS) is 1. The van der Waals surface area contributed by atoms with Crippen LogP contribution in [0.3, 0.4) is 0 Å². The summed E-state index contributed by atoms with van der Waals surface area (Å²) < 4.78 is 11.2. The van der Waals surface area contributed by atoms with Crippen molar-refractivity contribution in [2.24, 2.45) is 0 Å². The van der Waals surface area contributed by atoms with Crippen molar-refractivity contribution in [3.63, 3.8) is 0 Å². The van der Waals surface area contributed by atoms with Gasteiger partial charge in [0.25, 0.3) is 0 Å². The van der Waals surface area contributed by atoms with Crippen molar-refractivity contribution in [3.8, 4) is 11.5 Å². The number of carboxylic acids is 1. The molecule has 1 N–H and O–H groups in total. The predicted octanol–water partition coefficient (Wildman–Crippen LogP) is 3.50. The van der Waals surface area contributed by atoms with Gasteiger partial charge in [-0.1, -0.05) is 12.8 Å². The molecule has 0 aromatic heterocycles. The van der Waals surface area contributed by atoms with Gasteiger partial charge in [0.1, 0.15) is 0 Å². The van der Waals surface area contributed by atoms with Gasteiger partial charge in [-0.05, 0) is 43.9 Å². The minimum Gasteiger partial charge on any atom is -0.493 e. The molecular weight excluding hydrogens is 244 g/mol. The number of carbonyl (C=O) groups is 1. The number of aromatic carboxylic acids is 1. The lowest BCUT2D eigenvalue weighted by atomic mass is 10.1. The largest absolute Gasteiger partial charge is 0.493 e. The van der Waals surface area contributed by atoms with Crippen molar-refractivity contribution < 1.29 is 19.4 Å². The maximum atomic E-state index is 11.0. The average Bonchev–Trinajstić information content (AvgIpc) is 2.67. The molecule has 0 amide bonds. The van der Waals surface area contributed by atoms with Gasteiger partial charge in [0, 0.05) is 0 Å². The third-order valence-electron chi connectivity index (χ3n) is 3.51. The molecule has 0 radical (unpaired) electrons. The van der Waals surface area contributed by atoms with Gasteiger partial charge in [0.2, 0.25) is 0 Å². The summed E-state index contributed by atoms with van der Waals surface area (Å²) in [5.41, 5.74) is 0.226. The molecule has 0 aliphatic heterocycles. The highest BCUT2D eigenvalue weighted by atomic mass is 16.5. The van der Waals surface area contributed by atoms with Crippen LogP contribution in [0, 0.1) is 0 Å². The highest BCUT2D eigenvalue weighted by Gasteiger charge is 2.17. The van der Waals surface area contributed by atoms with Crippen LogP contribution in [0.25, 0.3) is 0 Å². The number of ether oxygens (including phenoxy) is 2. The normalized spacial score (nSPS) is 16.7. The number of rotatable bonds is 4. The van der Waals surface area contributed by atoms with E-state index in [1.54, 1.807) is 19.2 Å². The van der Waals surface area contributed by atoms with E-state index in [0.29, 0.717) is 11.5 Å². The Labute approximate surface area is 113 Å². The molecule has 2 rings (SSSR count). The second-order valence-electron chi connectivity index (χ2n) is 4.90. The lowest BCUT2D eigenvalue weighted by molar-refractivity contribution is 0.0695. The smallest absolute Gasteiger partial charge is 0.335 e. The molecule has 1 aliphatic carbocycles. The molecule has 0 spiro atoms. The zero-order valence-corrected chi connectivity index (χ0v) is 11.2. The number of hydrogen-bond donors (Lipinski definition) is 1. The van der Waals surface area contributed by atoms with Gasteiger partial charge in [-0.2, -0.15) is 0 Å². The average molecular weight is 264 g/mol. The Bertz CT molecular complexity index is 434. The number of benzene rings is 1. The molecule has 1 aromatic carbocycles. The first kappa shape index (κ1) is 13.7. The van der Waals surface area contributed by atoms with Gasteiger partial charge < -0.3 is 14.6 Å². The molecule has 0 bridgehead atoms. The Balaban J connectivity index is 2.16. The molecular formula is C15H20O4. The van der Waals surface area contributed by atoms with E-state index in [0.717, 1.165) is 12.8 Å². The molecule has 104 valence electrons.